The predicted molar refractivity (Wildman–Crippen MR) is 80.5 cm³/mol. The van der Waals surface area contributed by atoms with Gasteiger partial charge in [-0.2, -0.15) is 5.26 Å². The average Bonchev–Trinajstić information content (AvgIpc) is 2.41. The molecule has 0 aliphatic carbocycles. The normalized spacial score (nSPS) is 10.9. The lowest BCUT2D eigenvalue weighted by atomic mass is 10.2. The zero-order valence-corrected chi connectivity index (χ0v) is 12.9. The molecule has 0 aliphatic rings. The van der Waals surface area contributed by atoms with Crippen LogP contribution in [0.25, 0.3) is 0 Å². The van der Waals surface area contributed by atoms with Crippen molar-refractivity contribution in [3.8, 4) is 6.07 Å². The molecular formula is C13H9BrFN3O2S. The third kappa shape index (κ3) is 3.32. The lowest BCUT2D eigenvalue weighted by molar-refractivity contribution is 0.570. The van der Waals surface area contributed by atoms with Gasteiger partial charge in [0.1, 0.15) is 16.8 Å². The smallest absolute Gasteiger partial charge is 0.264 e. The SMILES string of the molecule is N#Cc1ccc(Br)cc1NS(=O)(=O)c1cc(N)ccc1F. The Bertz CT molecular complexity index is 847. The molecule has 0 spiro atoms. The quantitative estimate of drug-likeness (QED) is 0.812. The second-order valence-electron chi connectivity index (χ2n) is 4.10. The number of nitrogens with zero attached hydrogens (tertiary/aromatic N) is 1. The van der Waals surface area contributed by atoms with Crippen molar-refractivity contribution in [1.82, 2.24) is 0 Å². The van der Waals surface area contributed by atoms with Crippen LogP contribution in [0.5, 0.6) is 0 Å². The molecule has 0 saturated heterocycles. The molecule has 3 N–H and O–H groups in total. The number of hydrogen-bond donors (Lipinski definition) is 2. The fraction of sp³-hybridized carbons (Fsp3) is 0. The van der Waals surface area contributed by atoms with Crippen molar-refractivity contribution < 1.29 is 12.8 Å². The molecule has 2 aromatic rings. The minimum Gasteiger partial charge on any atom is -0.399 e. The van der Waals surface area contributed by atoms with E-state index >= 15 is 0 Å². The topological polar surface area (TPSA) is 96.0 Å². The van der Waals surface area contributed by atoms with E-state index in [4.69, 9.17) is 11.0 Å². The minimum absolute atomic E-state index is 0.0497. The second kappa shape index (κ2) is 5.71. The van der Waals surface area contributed by atoms with Crippen molar-refractivity contribution in [2.45, 2.75) is 4.90 Å². The molecule has 108 valence electrons. The summed E-state index contributed by atoms with van der Waals surface area (Å²) in [5.74, 6) is -0.926. The third-order valence-electron chi connectivity index (χ3n) is 2.59. The number of rotatable bonds is 3. The Morgan fingerprint density at radius 1 is 1.24 bits per heavy atom. The molecule has 0 bridgehead atoms. The van der Waals surface area contributed by atoms with Crippen LogP contribution in [-0.4, -0.2) is 8.42 Å². The van der Waals surface area contributed by atoms with Crippen molar-refractivity contribution in [2.75, 3.05) is 10.5 Å². The number of anilines is 2. The molecule has 5 nitrogen and oxygen atoms in total. The summed E-state index contributed by atoms with van der Waals surface area (Å²) < 4.78 is 40.9. The molecule has 0 aliphatic heterocycles. The highest BCUT2D eigenvalue weighted by molar-refractivity contribution is 9.10. The van der Waals surface area contributed by atoms with Crippen LogP contribution in [-0.2, 0) is 10.0 Å². The Labute approximate surface area is 129 Å². The van der Waals surface area contributed by atoms with Crippen molar-refractivity contribution in [2.24, 2.45) is 0 Å². The molecule has 2 rings (SSSR count). The van der Waals surface area contributed by atoms with E-state index in [0.29, 0.717) is 4.47 Å². The fourth-order valence-corrected chi connectivity index (χ4v) is 3.17. The summed E-state index contributed by atoms with van der Waals surface area (Å²) in [6.07, 6.45) is 0. The zero-order chi connectivity index (χ0) is 15.6. The Morgan fingerprint density at radius 3 is 2.62 bits per heavy atom. The van der Waals surface area contributed by atoms with E-state index in [0.717, 1.165) is 12.1 Å². The van der Waals surface area contributed by atoms with Crippen LogP contribution in [0, 0.1) is 17.1 Å². The van der Waals surface area contributed by atoms with Gasteiger partial charge >= 0.3 is 0 Å². The largest absolute Gasteiger partial charge is 0.399 e. The zero-order valence-electron chi connectivity index (χ0n) is 10.5. The van der Waals surface area contributed by atoms with Crippen molar-refractivity contribution >= 4 is 37.3 Å². The van der Waals surface area contributed by atoms with Gasteiger partial charge < -0.3 is 5.73 Å². The van der Waals surface area contributed by atoms with E-state index < -0.39 is 20.7 Å². The maximum absolute atomic E-state index is 13.7. The summed E-state index contributed by atoms with van der Waals surface area (Å²) in [4.78, 5) is -0.577. The fourth-order valence-electron chi connectivity index (χ4n) is 1.62. The minimum atomic E-state index is -4.19. The summed E-state index contributed by atoms with van der Waals surface area (Å²) >= 11 is 3.18. The number of nitrogens with two attached hydrogens (primary N) is 1. The lowest BCUT2D eigenvalue weighted by Crippen LogP contribution is -2.15. The van der Waals surface area contributed by atoms with E-state index in [2.05, 4.69) is 20.7 Å². The number of nitrogens with one attached hydrogen (secondary N) is 1. The van der Waals surface area contributed by atoms with Crippen LogP contribution in [0.3, 0.4) is 0 Å². The highest BCUT2D eigenvalue weighted by atomic mass is 79.9. The first-order valence-corrected chi connectivity index (χ1v) is 7.88. The van der Waals surface area contributed by atoms with Crippen molar-refractivity contribution in [1.29, 1.82) is 5.26 Å². The van der Waals surface area contributed by atoms with Gasteiger partial charge in [-0.1, -0.05) is 15.9 Å². The first-order chi connectivity index (χ1) is 9.83. The van der Waals surface area contributed by atoms with Crippen molar-refractivity contribution in [3.05, 3.63) is 52.3 Å². The first kappa shape index (κ1) is 15.3. The maximum Gasteiger partial charge on any atom is 0.264 e. The Hall–Kier alpha value is -2.11. The standard InChI is InChI=1S/C13H9BrFN3O2S/c14-9-2-1-8(7-16)12(5-9)18-21(19,20)13-6-10(17)3-4-11(13)15/h1-6,18H,17H2. The summed E-state index contributed by atoms with van der Waals surface area (Å²) in [5.41, 5.74) is 5.76. The van der Waals surface area contributed by atoms with E-state index in [1.165, 1.54) is 18.2 Å². The van der Waals surface area contributed by atoms with Gasteiger partial charge in [0.25, 0.3) is 10.0 Å². The van der Waals surface area contributed by atoms with Gasteiger partial charge in [-0.15, -0.1) is 0 Å². The lowest BCUT2D eigenvalue weighted by Gasteiger charge is -2.11. The Balaban J connectivity index is 2.50. The predicted octanol–water partition coefficient (Wildman–Crippen LogP) is 2.84. The molecular weight excluding hydrogens is 361 g/mol. The van der Waals surface area contributed by atoms with Crippen LogP contribution in [0.4, 0.5) is 15.8 Å². The second-order valence-corrected chi connectivity index (χ2v) is 6.66. The molecule has 0 radical (unpaired) electrons. The number of nitriles is 1. The molecule has 21 heavy (non-hydrogen) atoms. The molecule has 0 fully saturated rings. The molecule has 0 saturated carbocycles. The van der Waals surface area contributed by atoms with Gasteiger partial charge in [0.2, 0.25) is 0 Å². The first-order valence-electron chi connectivity index (χ1n) is 5.61. The molecule has 0 unspecified atom stereocenters. The summed E-state index contributed by atoms with van der Waals surface area (Å²) in [6, 6.07) is 9.55. The summed E-state index contributed by atoms with van der Waals surface area (Å²) in [5, 5.41) is 8.98. The van der Waals surface area contributed by atoms with Crippen molar-refractivity contribution in [3.63, 3.8) is 0 Å². The molecule has 0 aromatic heterocycles. The van der Waals surface area contributed by atoms with E-state index in [-0.39, 0.29) is 16.9 Å². The van der Waals surface area contributed by atoms with Gasteiger partial charge in [0.15, 0.2) is 0 Å². The van der Waals surface area contributed by atoms with E-state index in [9.17, 15) is 12.8 Å². The monoisotopic (exact) mass is 369 g/mol. The summed E-state index contributed by atoms with van der Waals surface area (Å²) in [6.45, 7) is 0. The van der Waals surface area contributed by atoms with Crippen LogP contribution in [0.2, 0.25) is 0 Å². The Kier molecular flexibility index (Phi) is 4.16. The molecule has 0 amide bonds. The molecule has 2 aromatic carbocycles. The Morgan fingerprint density at radius 2 is 1.95 bits per heavy atom. The van der Waals surface area contributed by atoms with Gasteiger partial charge in [-0.3, -0.25) is 4.72 Å². The number of sulfonamides is 1. The van der Waals surface area contributed by atoms with Gasteiger partial charge in [0.05, 0.1) is 11.3 Å². The number of hydrogen-bond acceptors (Lipinski definition) is 4. The van der Waals surface area contributed by atoms with Gasteiger partial charge in [-0.25, -0.2) is 12.8 Å². The summed E-state index contributed by atoms with van der Waals surface area (Å²) in [7, 11) is -4.19. The van der Waals surface area contributed by atoms with Crippen LogP contribution in [0.15, 0.2) is 45.8 Å². The van der Waals surface area contributed by atoms with E-state index in [1.54, 1.807) is 6.07 Å². The third-order valence-corrected chi connectivity index (χ3v) is 4.46. The van der Waals surface area contributed by atoms with Crippen LogP contribution < -0.4 is 10.5 Å². The van der Waals surface area contributed by atoms with Gasteiger partial charge in [-0.05, 0) is 36.4 Å². The molecule has 8 heteroatoms. The van der Waals surface area contributed by atoms with Gasteiger partial charge in [0, 0.05) is 10.2 Å². The van der Waals surface area contributed by atoms with Crippen LogP contribution >= 0.6 is 15.9 Å². The maximum atomic E-state index is 13.7. The number of benzene rings is 2. The van der Waals surface area contributed by atoms with E-state index in [1.807, 2.05) is 6.07 Å². The number of nitrogen functional groups attached to an aromatic ring is 1. The highest BCUT2D eigenvalue weighted by Crippen LogP contribution is 2.25. The van der Waals surface area contributed by atoms with Crippen LogP contribution in [0.1, 0.15) is 5.56 Å². The molecule has 0 heterocycles. The average molecular weight is 370 g/mol. The number of halogens is 2. The molecule has 0 atom stereocenters. The highest BCUT2D eigenvalue weighted by Gasteiger charge is 2.21.